The Morgan fingerprint density at radius 2 is 2.10 bits per heavy atom. The fourth-order valence-electron chi connectivity index (χ4n) is 1.96. The number of rotatable bonds is 5. The third-order valence-corrected chi connectivity index (χ3v) is 4.14. The summed E-state index contributed by atoms with van der Waals surface area (Å²) >= 11 is 0.995. The monoisotopic (exact) mass is 307 g/mol. The van der Waals surface area contributed by atoms with E-state index in [0.717, 1.165) is 24.2 Å². The average molecular weight is 307 g/mol. The van der Waals surface area contributed by atoms with Crippen LogP contribution in [-0.4, -0.2) is 25.2 Å². The summed E-state index contributed by atoms with van der Waals surface area (Å²) in [7, 11) is 0. The van der Waals surface area contributed by atoms with Gasteiger partial charge in [-0.15, -0.1) is 11.3 Å². The van der Waals surface area contributed by atoms with Crippen LogP contribution in [0.5, 0.6) is 0 Å². The highest BCUT2D eigenvalue weighted by Crippen LogP contribution is 2.50. The van der Waals surface area contributed by atoms with E-state index in [9.17, 15) is 18.0 Å². The predicted octanol–water partition coefficient (Wildman–Crippen LogP) is 2.93. The van der Waals surface area contributed by atoms with E-state index < -0.39 is 12.7 Å². The molecule has 1 aliphatic rings. The molecule has 2 rings (SSSR count). The molecule has 0 unspecified atom stereocenters. The number of carbonyl (C=O) groups excluding carboxylic acids is 1. The summed E-state index contributed by atoms with van der Waals surface area (Å²) in [6.07, 6.45) is -2.50. The molecule has 1 saturated carbocycles. The first-order valence-corrected chi connectivity index (χ1v) is 7.16. The Morgan fingerprint density at radius 3 is 2.60 bits per heavy atom. The van der Waals surface area contributed by atoms with Gasteiger partial charge in [-0.1, -0.05) is 0 Å². The lowest BCUT2D eigenvalue weighted by Gasteiger charge is -2.09. The van der Waals surface area contributed by atoms with E-state index in [4.69, 9.17) is 5.73 Å². The lowest BCUT2D eigenvalue weighted by molar-refractivity contribution is -0.115. The van der Waals surface area contributed by atoms with Crippen molar-refractivity contribution >= 4 is 27.9 Å². The summed E-state index contributed by atoms with van der Waals surface area (Å²) in [4.78, 5) is 12.1. The number of nitrogens with two attached hydrogens (primary N) is 1. The largest absolute Gasteiger partial charge is 0.405 e. The van der Waals surface area contributed by atoms with E-state index in [2.05, 4.69) is 10.6 Å². The number of halogens is 3. The molecule has 1 aromatic heterocycles. The van der Waals surface area contributed by atoms with E-state index in [0.29, 0.717) is 27.7 Å². The standard InChI is InChI=1S/C12H16F3N3OS/c1-2-17-10(19)9-8(16)7(6-3-4-6)11(20-9)18-5-12(13,14)15/h6,18H,2-5,16H2,1H3,(H,17,19). The second-order valence-electron chi connectivity index (χ2n) is 4.69. The van der Waals surface area contributed by atoms with Gasteiger partial charge in [0.25, 0.3) is 5.91 Å². The molecule has 1 fully saturated rings. The number of hydrogen-bond donors (Lipinski definition) is 3. The molecule has 4 nitrogen and oxygen atoms in total. The first-order valence-electron chi connectivity index (χ1n) is 6.34. The molecule has 0 spiro atoms. The molecule has 1 amide bonds. The predicted molar refractivity (Wildman–Crippen MR) is 73.3 cm³/mol. The molecule has 0 aromatic carbocycles. The Labute approximate surface area is 118 Å². The molecular weight excluding hydrogens is 291 g/mol. The fraction of sp³-hybridized carbons (Fsp3) is 0.583. The zero-order valence-corrected chi connectivity index (χ0v) is 11.8. The van der Waals surface area contributed by atoms with E-state index in [1.165, 1.54) is 0 Å². The number of nitrogens with one attached hydrogen (secondary N) is 2. The third-order valence-electron chi connectivity index (χ3n) is 2.96. The minimum atomic E-state index is -4.30. The Kier molecular flexibility index (Phi) is 4.12. The zero-order valence-electron chi connectivity index (χ0n) is 10.9. The van der Waals surface area contributed by atoms with E-state index >= 15 is 0 Å². The van der Waals surface area contributed by atoms with Crippen molar-refractivity contribution in [2.45, 2.75) is 31.9 Å². The minimum absolute atomic E-state index is 0.171. The third kappa shape index (κ3) is 3.36. The van der Waals surface area contributed by atoms with Gasteiger partial charge in [0, 0.05) is 12.1 Å². The van der Waals surface area contributed by atoms with Crippen molar-refractivity contribution in [3.8, 4) is 0 Å². The molecule has 0 radical (unpaired) electrons. The molecule has 1 aliphatic carbocycles. The molecule has 0 saturated heterocycles. The average Bonchev–Trinajstić information content (AvgIpc) is 3.11. The lowest BCUT2D eigenvalue weighted by Crippen LogP contribution is -2.22. The van der Waals surface area contributed by atoms with Crippen LogP contribution in [0.2, 0.25) is 0 Å². The van der Waals surface area contributed by atoms with Crippen molar-refractivity contribution in [3.05, 3.63) is 10.4 Å². The first-order chi connectivity index (χ1) is 9.33. The first kappa shape index (κ1) is 15.0. The Hall–Kier alpha value is -1.44. The zero-order chi connectivity index (χ0) is 14.9. The van der Waals surface area contributed by atoms with Crippen LogP contribution < -0.4 is 16.4 Å². The van der Waals surface area contributed by atoms with Crippen LogP contribution in [-0.2, 0) is 0 Å². The van der Waals surface area contributed by atoms with Gasteiger partial charge < -0.3 is 16.4 Å². The number of anilines is 2. The van der Waals surface area contributed by atoms with E-state index in [1.807, 2.05) is 0 Å². The second-order valence-corrected chi connectivity index (χ2v) is 5.71. The van der Waals surface area contributed by atoms with Gasteiger partial charge >= 0.3 is 6.18 Å². The van der Waals surface area contributed by atoms with Crippen LogP contribution in [0.25, 0.3) is 0 Å². The summed E-state index contributed by atoms with van der Waals surface area (Å²) in [6, 6.07) is 0. The normalized spacial score (nSPS) is 15.2. The summed E-state index contributed by atoms with van der Waals surface area (Å²) in [6.45, 7) is 1.09. The van der Waals surface area contributed by atoms with Crippen LogP contribution in [0.3, 0.4) is 0 Å². The van der Waals surface area contributed by atoms with Gasteiger partial charge in [-0.2, -0.15) is 13.2 Å². The number of amides is 1. The van der Waals surface area contributed by atoms with Crippen molar-refractivity contribution in [1.29, 1.82) is 0 Å². The molecule has 20 heavy (non-hydrogen) atoms. The van der Waals surface area contributed by atoms with Crippen LogP contribution in [0.4, 0.5) is 23.9 Å². The van der Waals surface area contributed by atoms with Crippen molar-refractivity contribution < 1.29 is 18.0 Å². The second kappa shape index (κ2) is 5.51. The molecule has 0 aliphatic heterocycles. The van der Waals surface area contributed by atoms with Crippen molar-refractivity contribution in [1.82, 2.24) is 5.32 Å². The summed E-state index contributed by atoms with van der Waals surface area (Å²) in [5, 5.41) is 5.35. The molecule has 112 valence electrons. The fourth-order valence-corrected chi connectivity index (χ4v) is 3.08. The van der Waals surface area contributed by atoms with Crippen LogP contribution in [0.15, 0.2) is 0 Å². The molecule has 0 atom stereocenters. The van der Waals surface area contributed by atoms with E-state index in [-0.39, 0.29) is 11.8 Å². The number of nitrogen functional groups attached to an aromatic ring is 1. The molecule has 1 aromatic rings. The van der Waals surface area contributed by atoms with Crippen molar-refractivity contribution in [2.75, 3.05) is 24.1 Å². The molecule has 8 heteroatoms. The highest BCUT2D eigenvalue weighted by atomic mass is 32.1. The molecular formula is C12H16F3N3OS. The molecule has 4 N–H and O–H groups in total. The molecule has 0 bridgehead atoms. The minimum Gasteiger partial charge on any atom is -0.397 e. The summed E-state index contributed by atoms with van der Waals surface area (Å²) in [5.74, 6) is -0.165. The summed E-state index contributed by atoms with van der Waals surface area (Å²) < 4.78 is 36.9. The maximum Gasteiger partial charge on any atom is 0.405 e. The van der Waals surface area contributed by atoms with E-state index in [1.54, 1.807) is 6.92 Å². The van der Waals surface area contributed by atoms with Gasteiger partial charge in [-0.25, -0.2) is 0 Å². The number of thiophene rings is 1. The van der Waals surface area contributed by atoms with Crippen LogP contribution in [0.1, 0.15) is 40.9 Å². The van der Waals surface area contributed by atoms with Crippen molar-refractivity contribution in [3.63, 3.8) is 0 Å². The Morgan fingerprint density at radius 1 is 1.45 bits per heavy atom. The van der Waals surface area contributed by atoms with Crippen molar-refractivity contribution in [2.24, 2.45) is 0 Å². The number of hydrogen-bond acceptors (Lipinski definition) is 4. The Balaban J connectivity index is 2.25. The van der Waals surface area contributed by atoms with Crippen LogP contribution >= 0.6 is 11.3 Å². The maximum atomic E-state index is 12.3. The van der Waals surface area contributed by atoms with Gasteiger partial charge in [0.05, 0.1) is 10.7 Å². The summed E-state index contributed by atoms with van der Waals surface area (Å²) in [5.41, 5.74) is 6.92. The maximum absolute atomic E-state index is 12.3. The topological polar surface area (TPSA) is 67.2 Å². The van der Waals surface area contributed by atoms with Gasteiger partial charge in [0.2, 0.25) is 0 Å². The SMILES string of the molecule is CCNC(=O)c1sc(NCC(F)(F)F)c(C2CC2)c1N. The van der Waals surface area contributed by atoms with Gasteiger partial charge in [-0.3, -0.25) is 4.79 Å². The number of alkyl halides is 3. The highest BCUT2D eigenvalue weighted by molar-refractivity contribution is 7.18. The quantitative estimate of drug-likeness (QED) is 0.783. The van der Waals surface area contributed by atoms with Gasteiger partial charge in [-0.05, 0) is 25.7 Å². The van der Waals surface area contributed by atoms with Gasteiger partial charge in [0.1, 0.15) is 11.4 Å². The number of carbonyl (C=O) groups is 1. The Bertz CT molecular complexity index is 509. The van der Waals surface area contributed by atoms with Gasteiger partial charge in [0.15, 0.2) is 0 Å². The lowest BCUT2D eigenvalue weighted by atomic mass is 10.1. The smallest absolute Gasteiger partial charge is 0.397 e. The molecule has 1 heterocycles. The van der Waals surface area contributed by atoms with Crippen LogP contribution in [0, 0.1) is 0 Å². The highest BCUT2D eigenvalue weighted by Gasteiger charge is 2.34.